The first-order valence-electron chi connectivity index (χ1n) is 5.08. The highest BCUT2D eigenvalue weighted by molar-refractivity contribution is 9.10. The minimum Gasteiger partial charge on any atom is -0.480 e. The Kier molecular flexibility index (Phi) is 5.31. The predicted molar refractivity (Wildman–Crippen MR) is 71.9 cm³/mol. The van der Waals surface area contributed by atoms with Gasteiger partial charge in [-0.3, -0.25) is 9.59 Å². The van der Waals surface area contributed by atoms with E-state index in [0.717, 1.165) is 0 Å². The van der Waals surface area contributed by atoms with Crippen LogP contribution in [0.1, 0.15) is 16.8 Å². The smallest absolute Gasteiger partial charge is 0.326 e. The summed E-state index contributed by atoms with van der Waals surface area (Å²) in [5, 5.41) is 11.2. The fraction of sp³-hybridized carbons (Fsp3) is 0.182. The van der Waals surface area contributed by atoms with Gasteiger partial charge in [-0.25, -0.2) is 4.79 Å². The Hall–Kier alpha value is -1.60. The van der Waals surface area contributed by atoms with Gasteiger partial charge in [0.2, 0.25) is 5.91 Å². The second-order valence-corrected chi connectivity index (χ2v) is 4.98. The number of amides is 2. The predicted octanol–water partition coefficient (Wildman–Crippen LogP) is 1.16. The van der Waals surface area contributed by atoms with Gasteiger partial charge in [-0.1, -0.05) is 27.5 Å². The van der Waals surface area contributed by atoms with Gasteiger partial charge in [0, 0.05) is 4.47 Å². The molecule has 6 nitrogen and oxygen atoms in total. The Balaban J connectivity index is 2.90. The molecule has 1 atom stereocenters. The quantitative estimate of drug-likeness (QED) is 0.741. The number of rotatable bonds is 5. The monoisotopic (exact) mass is 348 g/mol. The van der Waals surface area contributed by atoms with E-state index in [1.54, 1.807) is 6.07 Å². The summed E-state index contributed by atoms with van der Waals surface area (Å²) in [6.07, 6.45) is -0.493. The number of carboxylic acid groups (broad SMARTS) is 1. The fourth-order valence-corrected chi connectivity index (χ4v) is 1.87. The highest BCUT2D eigenvalue weighted by Gasteiger charge is 2.23. The third kappa shape index (κ3) is 4.53. The first-order valence-corrected chi connectivity index (χ1v) is 6.25. The van der Waals surface area contributed by atoms with E-state index in [-0.39, 0.29) is 10.6 Å². The number of carbonyl (C=O) groups excluding carboxylic acids is 2. The van der Waals surface area contributed by atoms with Crippen molar-refractivity contribution >= 4 is 45.3 Å². The van der Waals surface area contributed by atoms with Crippen LogP contribution in [-0.4, -0.2) is 28.9 Å². The summed E-state index contributed by atoms with van der Waals surface area (Å²) in [7, 11) is 0. The van der Waals surface area contributed by atoms with Gasteiger partial charge in [-0.15, -0.1) is 0 Å². The van der Waals surface area contributed by atoms with E-state index in [2.05, 4.69) is 21.2 Å². The first kappa shape index (κ1) is 15.5. The Bertz CT molecular complexity index is 535. The molecule has 1 aromatic carbocycles. The van der Waals surface area contributed by atoms with Crippen LogP contribution in [0.2, 0.25) is 5.02 Å². The molecule has 0 spiro atoms. The highest BCUT2D eigenvalue weighted by atomic mass is 79.9. The number of carboxylic acids is 1. The van der Waals surface area contributed by atoms with Crippen molar-refractivity contribution in [2.75, 3.05) is 0 Å². The van der Waals surface area contributed by atoms with Gasteiger partial charge in [-0.2, -0.15) is 0 Å². The number of carbonyl (C=O) groups is 3. The summed E-state index contributed by atoms with van der Waals surface area (Å²) < 4.78 is 0.615. The Morgan fingerprint density at radius 2 is 2.05 bits per heavy atom. The normalized spacial score (nSPS) is 11.7. The molecular formula is C11H10BrClN2O4. The summed E-state index contributed by atoms with van der Waals surface area (Å²) in [6.45, 7) is 0. The van der Waals surface area contributed by atoms with Crippen molar-refractivity contribution in [3.8, 4) is 0 Å². The molecule has 0 aromatic heterocycles. The maximum atomic E-state index is 11.9. The number of nitrogens with one attached hydrogen (secondary N) is 1. The van der Waals surface area contributed by atoms with Crippen molar-refractivity contribution in [2.45, 2.75) is 12.5 Å². The van der Waals surface area contributed by atoms with Crippen molar-refractivity contribution in [1.82, 2.24) is 5.32 Å². The molecule has 0 aliphatic rings. The molecule has 4 N–H and O–H groups in total. The number of nitrogens with two attached hydrogens (primary N) is 1. The molecule has 0 radical (unpaired) electrons. The van der Waals surface area contributed by atoms with Gasteiger partial charge in [0.1, 0.15) is 6.04 Å². The van der Waals surface area contributed by atoms with Gasteiger partial charge in [0.05, 0.1) is 17.0 Å². The summed E-state index contributed by atoms with van der Waals surface area (Å²) in [5.41, 5.74) is 5.02. The molecule has 19 heavy (non-hydrogen) atoms. The Morgan fingerprint density at radius 1 is 1.42 bits per heavy atom. The standard InChI is InChI=1S/C11H10BrClN2O4/c12-5-1-2-7(13)6(3-5)10(17)15-8(11(18)19)4-9(14)16/h1-3,8H,4H2,(H2,14,16)(H,15,17)(H,18,19). The van der Waals surface area contributed by atoms with Crippen molar-refractivity contribution in [3.63, 3.8) is 0 Å². The lowest BCUT2D eigenvalue weighted by molar-refractivity contribution is -0.140. The average Bonchev–Trinajstić information content (AvgIpc) is 2.30. The zero-order valence-corrected chi connectivity index (χ0v) is 11.9. The molecule has 0 aliphatic carbocycles. The van der Waals surface area contributed by atoms with Crippen molar-refractivity contribution in [3.05, 3.63) is 33.3 Å². The topological polar surface area (TPSA) is 109 Å². The van der Waals surface area contributed by atoms with Crippen LogP contribution in [0.5, 0.6) is 0 Å². The number of primary amides is 1. The molecule has 0 saturated carbocycles. The molecule has 0 heterocycles. The second kappa shape index (κ2) is 6.53. The van der Waals surface area contributed by atoms with Crippen molar-refractivity contribution < 1.29 is 19.5 Å². The molecule has 0 bridgehead atoms. The van der Waals surface area contributed by atoms with E-state index in [1.807, 2.05) is 0 Å². The SMILES string of the molecule is NC(=O)CC(NC(=O)c1cc(Br)ccc1Cl)C(=O)O. The third-order valence-corrected chi connectivity index (χ3v) is 3.00. The second-order valence-electron chi connectivity index (χ2n) is 3.66. The minimum absolute atomic E-state index is 0.103. The summed E-state index contributed by atoms with van der Waals surface area (Å²) in [4.78, 5) is 33.5. The number of hydrogen-bond acceptors (Lipinski definition) is 3. The molecule has 8 heteroatoms. The van der Waals surface area contributed by atoms with E-state index in [9.17, 15) is 14.4 Å². The largest absolute Gasteiger partial charge is 0.480 e. The average molecular weight is 350 g/mol. The van der Waals surface area contributed by atoms with Crippen molar-refractivity contribution in [2.24, 2.45) is 5.73 Å². The van der Waals surface area contributed by atoms with Crippen LogP contribution < -0.4 is 11.1 Å². The zero-order valence-electron chi connectivity index (χ0n) is 9.52. The molecule has 1 unspecified atom stereocenters. The molecule has 0 fully saturated rings. The highest BCUT2D eigenvalue weighted by Crippen LogP contribution is 2.21. The molecular weight excluding hydrogens is 339 g/mol. The maximum absolute atomic E-state index is 11.9. The van der Waals surface area contributed by atoms with Crippen molar-refractivity contribution in [1.29, 1.82) is 0 Å². The van der Waals surface area contributed by atoms with Gasteiger partial charge >= 0.3 is 5.97 Å². The Morgan fingerprint density at radius 3 is 2.58 bits per heavy atom. The van der Waals surface area contributed by atoms with E-state index < -0.39 is 30.2 Å². The first-order chi connectivity index (χ1) is 8.81. The van der Waals surface area contributed by atoms with Gasteiger partial charge in [0.25, 0.3) is 5.91 Å². The fourth-order valence-electron chi connectivity index (χ4n) is 1.31. The van der Waals surface area contributed by atoms with E-state index in [0.29, 0.717) is 4.47 Å². The number of halogens is 2. The van der Waals surface area contributed by atoms with Gasteiger partial charge in [0.15, 0.2) is 0 Å². The molecule has 0 saturated heterocycles. The molecule has 1 aromatic rings. The summed E-state index contributed by atoms with van der Waals surface area (Å²) in [6, 6.07) is 3.18. The van der Waals surface area contributed by atoms with Crippen LogP contribution in [0.15, 0.2) is 22.7 Å². The van der Waals surface area contributed by atoms with E-state index >= 15 is 0 Å². The summed E-state index contributed by atoms with van der Waals surface area (Å²) >= 11 is 9.01. The minimum atomic E-state index is -1.39. The number of aliphatic carboxylic acids is 1. The lowest BCUT2D eigenvalue weighted by Gasteiger charge is -2.13. The van der Waals surface area contributed by atoms with E-state index in [1.165, 1.54) is 12.1 Å². The molecule has 1 rings (SSSR count). The van der Waals surface area contributed by atoms with Crippen LogP contribution >= 0.6 is 27.5 Å². The lowest BCUT2D eigenvalue weighted by Crippen LogP contribution is -2.43. The van der Waals surface area contributed by atoms with Crippen LogP contribution in [0.25, 0.3) is 0 Å². The molecule has 0 aliphatic heterocycles. The number of benzene rings is 1. The molecule has 2 amide bonds. The van der Waals surface area contributed by atoms with Gasteiger partial charge < -0.3 is 16.2 Å². The maximum Gasteiger partial charge on any atom is 0.326 e. The van der Waals surface area contributed by atoms with Crippen LogP contribution in [0.3, 0.4) is 0 Å². The van der Waals surface area contributed by atoms with Crippen LogP contribution in [-0.2, 0) is 9.59 Å². The van der Waals surface area contributed by atoms with Crippen LogP contribution in [0, 0.1) is 0 Å². The van der Waals surface area contributed by atoms with E-state index in [4.69, 9.17) is 22.4 Å². The zero-order chi connectivity index (χ0) is 14.6. The summed E-state index contributed by atoms with van der Waals surface area (Å²) in [5.74, 6) is -2.87. The third-order valence-electron chi connectivity index (χ3n) is 2.18. The molecule has 102 valence electrons. The van der Waals surface area contributed by atoms with Gasteiger partial charge in [-0.05, 0) is 18.2 Å². The lowest BCUT2D eigenvalue weighted by atomic mass is 10.1. The van der Waals surface area contributed by atoms with Crippen LogP contribution in [0.4, 0.5) is 0 Å². The number of hydrogen-bond donors (Lipinski definition) is 3. The Labute approximate surface area is 122 Å².